The van der Waals surface area contributed by atoms with E-state index in [1.807, 2.05) is 18.2 Å². The fourth-order valence-corrected chi connectivity index (χ4v) is 2.89. The predicted octanol–water partition coefficient (Wildman–Crippen LogP) is 6.41. The molecule has 0 aromatic heterocycles. The molecule has 0 fully saturated rings. The molecule has 0 heterocycles. The van der Waals surface area contributed by atoms with Crippen LogP contribution in [0.2, 0.25) is 0 Å². The lowest BCUT2D eigenvalue weighted by molar-refractivity contribution is 0.716. The number of hydrogen-bond acceptors (Lipinski definition) is 1. The van der Waals surface area contributed by atoms with Crippen molar-refractivity contribution in [2.24, 2.45) is 0 Å². The van der Waals surface area contributed by atoms with E-state index >= 15 is 0 Å². The predicted molar refractivity (Wildman–Crippen MR) is 106 cm³/mol. The van der Waals surface area contributed by atoms with Crippen LogP contribution in [0.15, 0.2) is 54.6 Å². The Kier molecular flexibility index (Phi) is 7.22. The SMILES string of the molecule is CCCCCc1cc(CC)ccc1C=CC(=S)c1ccccc1. The van der Waals surface area contributed by atoms with Crippen molar-refractivity contribution in [2.75, 3.05) is 0 Å². The second-order valence-electron chi connectivity index (χ2n) is 5.91. The highest BCUT2D eigenvalue weighted by molar-refractivity contribution is 7.81. The average Bonchev–Trinajstić information content (AvgIpc) is 2.61. The summed E-state index contributed by atoms with van der Waals surface area (Å²) in [6.07, 6.45) is 10.3. The summed E-state index contributed by atoms with van der Waals surface area (Å²) in [6, 6.07) is 17.0. The topological polar surface area (TPSA) is 0 Å². The van der Waals surface area contributed by atoms with E-state index in [0.29, 0.717) is 0 Å². The van der Waals surface area contributed by atoms with Crippen LogP contribution in [-0.2, 0) is 12.8 Å². The maximum atomic E-state index is 5.53. The first-order valence-corrected chi connectivity index (χ1v) is 9.04. The average molecular weight is 323 g/mol. The number of allylic oxidation sites excluding steroid dienone is 1. The first kappa shape index (κ1) is 17.6. The summed E-state index contributed by atoms with van der Waals surface area (Å²) in [7, 11) is 0. The van der Waals surface area contributed by atoms with Gasteiger partial charge in [-0.05, 0) is 47.6 Å². The molecule has 0 amide bonds. The van der Waals surface area contributed by atoms with Crippen LogP contribution in [0.1, 0.15) is 55.4 Å². The van der Waals surface area contributed by atoms with Gasteiger partial charge in [0.15, 0.2) is 0 Å². The van der Waals surface area contributed by atoms with Gasteiger partial charge in [0.2, 0.25) is 0 Å². The second-order valence-corrected chi connectivity index (χ2v) is 6.35. The van der Waals surface area contributed by atoms with E-state index in [0.717, 1.165) is 23.3 Å². The van der Waals surface area contributed by atoms with Crippen molar-refractivity contribution in [1.29, 1.82) is 0 Å². The van der Waals surface area contributed by atoms with Crippen LogP contribution in [0.5, 0.6) is 0 Å². The van der Waals surface area contributed by atoms with Gasteiger partial charge in [-0.25, -0.2) is 0 Å². The Morgan fingerprint density at radius 1 is 1.00 bits per heavy atom. The van der Waals surface area contributed by atoms with Gasteiger partial charge in [-0.2, -0.15) is 0 Å². The lowest BCUT2D eigenvalue weighted by Gasteiger charge is -2.09. The van der Waals surface area contributed by atoms with Crippen LogP contribution in [0.25, 0.3) is 6.08 Å². The molecule has 0 radical (unpaired) electrons. The van der Waals surface area contributed by atoms with Gasteiger partial charge in [-0.1, -0.05) is 93.5 Å². The Morgan fingerprint density at radius 3 is 2.48 bits per heavy atom. The number of unbranched alkanes of at least 4 members (excludes halogenated alkanes) is 2. The van der Waals surface area contributed by atoms with Crippen LogP contribution in [-0.4, -0.2) is 4.86 Å². The Morgan fingerprint density at radius 2 is 1.78 bits per heavy atom. The van der Waals surface area contributed by atoms with Crippen molar-refractivity contribution in [3.8, 4) is 0 Å². The lowest BCUT2D eigenvalue weighted by Crippen LogP contribution is -1.95. The zero-order valence-corrected chi connectivity index (χ0v) is 15.0. The minimum absolute atomic E-state index is 0.893. The standard InChI is InChI=1S/C22H26S/c1-3-5-7-12-21-17-18(4-2)13-14-19(21)15-16-22(23)20-10-8-6-9-11-20/h6,8-11,13-17H,3-5,7,12H2,1-2H3. The Balaban J connectivity index is 2.17. The molecule has 0 saturated heterocycles. The number of hydrogen-bond donors (Lipinski definition) is 0. The second kappa shape index (κ2) is 9.42. The van der Waals surface area contributed by atoms with Crippen LogP contribution in [0.3, 0.4) is 0 Å². The Bertz CT molecular complexity index is 653. The van der Waals surface area contributed by atoms with Crippen LogP contribution in [0, 0.1) is 0 Å². The third-order valence-electron chi connectivity index (χ3n) is 4.14. The summed E-state index contributed by atoms with van der Waals surface area (Å²) in [5.74, 6) is 0. The fraction of sp³-hybridized carbons (Fsp3) is 0.318. The maximum absolute atomic E-state index is 5.53. The van der Waals surface area contributed by atoms with Crippen molar-refractivity contribution in [1.82, 2.24) is 0 Å². The molecular formula is C22H26S. The van der Waals surface area contributed by atoms with Gasteiger partial charge < -0.3 is 0 Å². The molecule has 0 atom stereocenters. The summed E-state index contributed by atoms with van der Waals surface area (Å²) >= 11 is 5.53. The molecule has 0 nitrogen and oxygen atoms in total. The summed E-state index contributed by atoms with van der Waals surface area (Å²) < 4.78 is 0. The molecule has 0 aliphatic heterocycles. The van der Waals surface area contributed by atoms with E-state index in [9.17, 15) is 0 Å². The number of rotatable bonds is 8. The monoisotopic (exact) mass is 322 g/mol. The van der Waals surface area contributed by atoms with Crippen molar-refractivity contribution in [2.45, 2.75) is 46.0 Å². The highest BCUT2D eigenvalue weighted by Gasteiger charge is 2.02. The number of aryl methyl sites for hydroxylation is 2. The minimum atomic E-state index is 0.893. The molecule has 0 unspecified atom stereocenters. The summed E-state index contributed by atoms with van der Waals surface area (Å²) in [6.45, 7) is 4.47. The van der Waals surface area contributed by atoms with E-state index in [1.165, 1.54) is 36.0 Å². The van der Waals surface area contributed by atoms with E-state index < -0.39 is 0 Å². The van der Waals surface area contributed by atoms with Gasteiger partial charge >= 0.3 is 0 Å². The van der Waals surface area contributed by atoms with Gasteiger partial charge in [0.05, 0.1) is 0 Å². The molecule has 0 saturated carbocycles. The van der Waals surface area contributed by atoms with E-state index in [1.54, 1.807) is 0 Å². The van der Waals surface area contributed by atoms with Crippen LogP contribution < -0.4 is 0 Å². The highest BCUT2D eigenvalue weighted by Crippen LogP contribution is 2.18. The maximum Gasteiger partial charge on any atom is 0.0449 e. The van der Waals surface area contributed by atoms with Gasteiger partial charge in [-0.3, -0.25) is 0 Å². The van der Waals surface area contributed by atoms with Gasteiger partial charge in [-0.15, -0.1) is 0 Å². The molecular weight excluding hydrogens is 296 g/mol. The normalized spacial score (nSPS) is 11.0. The van der Waals surface area contributed by atoms with Crippen molar-refractivity contribution in [3.63, 3.8) is 0 Å². The molecule has 2 aromatic carbocycles. The Hall–Kier alpha value is -1.73. The molecule has 120 valence electrons. The number of thiocarbonyl (C=S) groups is 1. The van der Waals surface area contributed by atoms with E-state index in [4.69, 9.17) is 12.2 Å². The van der Waals surface area contributed by atoms with Crippen molar-refractivity contribution >= 4 is 23.2 Å². The lowest BCUT2D eigenvalue weighted by atomic mass is 9.97. The fourth-order valence-electron chi connectivity index (χ4n) is 2.69. The van der Waals surface area contributed by atoms with Gasteiger partial charge in [0, 0.05) is 4.86 Å². The minimum Gasteiger partial charge on any atom is -0.0795 e. The van der Waals surface area contributed by atoms with Gasteiger partial charge in [0.1, 0.15) is 0 Å². The molecule has 2 rings (SSSR count). The summed E-state index contributed by atoms with van der Waals surface area (Å²) in [5.41, 5.74) is 5.28. The molecule has 0 aliphatic rings. The van der Waals surface area contributed by atoms with E-state index in [2.05, 4.69) is 56.3 Å². The van der Waals surface area contributed by atoms with Crippen molar-refractivity contribution < 1.29 is 0 Å². The molecule has 0 N–H and O–H groups in total. The molecule has 0 spiro atoms. The molecule has 23 heavy (non-hydrogen) atoms. The third kappa shape index (κ3) is 5.44. The summed E-state index contributed by atoms with van der Waals surface area (Å²) in [5, 5.41) is 0. The van der Waals surface area contributed by atoms with Crippen LogP contribution in [0.4, 0.5) is 0 Å². The Labute approximate surface area is 146 Å². The quantitative estimate of drug-likeness (QED) is 0.234. The molecule has 0 aliphatic carbocycles. The largest absolute Gasteiger partial charge is 0.0795 e. The molecule has 1 heteroatoms. The first-order chi connectivity index (χ1) is 11.2. The first-order valence-electron chi connectivity index (χ1n) is 8.63. The molecule has 0 bridgehead atoms. The van der Waals surface area contributed by atoms with Crippen molar-refractivity contribution in [3.05, 3.63) is 76.9 Å². The van der Waals surface area contributed by atoms with Crippen LogP contribution >= 0.6 is 12.2 Å². The highest BCUT2D eigenvalue weighted by atomic mass is 32.1. The van der Waals surface area contributed by atoms with Gasteiger partial charge in [0.25, 0.3) is 0 Å². The molecule has 2 aromatic rings. The third-order valence-corrected chi connectivity index (χ3v) is 4.51. The number of benzene rings is 2. The summed E-state index contributed by atoms with van der Waals surface area (Å²) in [4.78, 5) is 0.893. The van der Waals surface area contributed by atoms with E-state index in [-0.39, 0.29) is 0 Å². The zero-order chi connectivity index (χ0) is 16.5. The zero-order valence-electron chi connectivity index (χ0n) is 14.2. The smallest absolute Gasteiger partial charge is 0.0449 e.